The molecule has 0 aliphatic carbocycles. The third-order valence-corrected chi connectivity index (χ3v) is 6.08. The van der Waals surface area contributed by atoms with Crippen molar-refractivity contribution >= 4 is 34.9 Å². The molecule has 4 rings (SSSR count). The van der Waals surface area contributed by atoms with E-state index in [4.69, 9.17) is 0 Å². The van der Waals surface area contributed by atoms with E-state index in [-0.39, 0.29) is 5.75 Å². The molecule has 4 aromatic rings. The minimum atomic E-state index is 0.275. The summed E-state index contributed by atoms with van der Waals surface area (Å²) in [5.41, 5.74) is 9.80. The van der Waals surface area contributed by atoms with Gasteiger partial charge in [-0.1, -0.05) is 109 Å². The van der Waals surface area contributed by atoms with Crippen molar-refractivity contribution in [3.63, 3.8) is 0 Å². The first-order valence-corrected chi connectivity index (χ1v) is 11.6. The Bertz CT molecular complexity index is 1340. The third-order valence-electron chi connectivity index (χ3n) is 6.08. The Labute approximate surface area is 203 Å². The number of phenolic OH excluding ortho intramolecular Hbond substituents is 1. The van der Waals surface area contributed by atoms with Crippen LogP contribution in [-0.4, -0.2) is 5.11 Å². The van der Waals surface area contributed by atoms with Crippen LogP contribution in [0.15, 0.2) is 103 Å². The fourth-order valence-corrected chi connectivity index (χ4v) is 4.10. The quantitative estimate of drug-likeness (QED) is 0.295. The van der Waals surface area contributed by atoms with Crippen LogP contribution in [0.4, 0.5) is 0 Å². The van der Waals surface area contributed by atoms with Gasteiger partial charge in [-0.25, -0.2) is 0 Å². The summed E-state index contributed by atoms with van der Waals surface area (Å²) in [4.78, 5) is 0. The van der Waals surface area contributed by atoms with Gasteiger partial charge in [-0.3, -0.25) is 0 Å². The Morgan fingerprint density at radius 3 is 1.29 bits per heavy atom. The van der Waals surface area contributed by atoms with E-state index >= 15 is 0 Å². The lowest BCUT2D eigenvalue weighted by Crippen LogP contribution is -1.92. The number of phenols is 1. The van der Waals surface area contributed by atoms with Crippen molar-refractivity contribution in [2.45, 2.75) is 20.8 Å². The maximum Gasteiger partial charge on any atom is 0.123 e. The number of allylic oxidation sites excluding steroid dienone is 3. The lowest BCUT2D eigenvalue weighted by atomic mass is 9.92. The zero-order valence-electron chi connectivity index (χ0n) is 20.0. The molecule has 1 nitrogen and oxygen atoms in total. The molecule has 0 aliphatic heterocycles. The van der Waals surface area contributed by atoms with Crippen LogP contribution in [0.3, 0.4) is 0 Å². The number of rotatable bonds is 6. The molecule has 0 unspecified atom stereocenters. The smallest absolute Gasteiger partial charge is 0.123 e. The van der Waals surface area contributed by atoms with Gasteiger partial charge in [-0.05, 0) is 77.5 Å². The lowest BCUT2D eigenvalue weighted by molar-refractivity contribution is 0.474. The molecule has 1 heteroatoms. The Balaban J connectivity index is 1.91. The molecule has 34 heavy (non-hydrogen) atoms. The molecule has 0 atom stereocenters. The highest BCUT2D eigenvalue weighted by atomic mass is 16.3. The van der Waals surface area contributed by atoms with Crippen LogP contribution in [0.1, 0.15) is 54.2 Å². The summed E-state index contributed by atoms with van der Waals surface area (Å²) in [6.07, 6.45) is 6.47. The average molecular weight is 443 g/mol. The Kier molecular flexibility index (Phi) is 7.25. The second-order valence-electron chi connectivity index (χ2n) is 8.58. The first kappa shape index (κ1) is 23.1. The molecule has 0 aliphatic rings. The molecular formula is C33H30O. The average Bonchev–Trinajstić information content (AvgIpc) is 2.89. The minimum Gasteiger partial charge on any atom is -0.507 e. The van der Waals surface area contributed by atoms with Gasteiger partial charge in [0.15, 0.2) is 0 Å². The van der Waals surface area contributed by atoms with E-state index in [9.17, 15) is 5.11 Å². The van der Waals surface area contributed by atoms with E-state index in [1.165, 1.54) is 11.1 Å². The second-order valence-corrected chi connectivity index (χ2v) is 8.58. The molecule has 0 fully saturated rings. The van der Waals surface area contributed by atoms with Crippen molar-refractivity contribution in [1.29, 1.82) is 0 Å². The SMILES string of the molecule is CC(=Cc1ccc(O)c(C=C(C)c2ccccc2)c1C=C(C)c1ccccc1)c1ccccc1. The molecule has 0 aromatic heterocycles. The first-order valence-electron chi connectivity index (χ1n) is 11.6. The third kappa shape index (κ3) is 5.44. The molecule has 0 saturated heterocycles. The minimum absolute atomic E-state index is 0.275. The van der Waals surface area contributed by atoms with E-state index in [0.29, 0.717) is 0 Å². The summed E-state index contributed by atoms with van der Waals surface area (Å²) in [6.45, 7) is 6.34. The van der Waals surface area contributed by atoms with Crippen LogP contribution in [0.25, 0.3) is 34.9 Å². The van der Waals surface area contributed by atoms with Crippen molar-refractivity contribution in [3.8, 4) is 5.75 Å². The van der Waals surface area contributed by atoms with Crippen molar-refractivity contribution in [2.24, 2.45) is 0 Å². The Morgan fingerprint density at radius 1 is 0.471 bits per heavy atom. The van der Waals surface area contributed by atoms with Crippen LogP contribution in [0.2, 0.25) is 0 Å². The molecule has 0 bridgehead atoms. The fourth-order valence-electron chi connectivity index (χ4n) is 4.10. The summed E-state index contributed by atoms with van der Waals surface area (Å²) < 4.78 is 0. The summed E-state index contributed by atoms with van der Waals surface area (Å²) in [7, 11) is 0. The van der Waals surface area contributed by atoms with Gasteiger partial charge in [0.2, 0.25) is 0 Å². The molecule has 0 amide bonds. The largest absolute Gasteiger partial charge is 0.507 e. The van der Waals surface area contributed by atoms with Crippen LogP contribution in [0, 0.1) is 0 Å². The maximum atomic E-state index is 11.0. The summed E-state index contributed by atoms with van der Waals surface area (Å²) >= 11 is 0. The monoisotopic (exact) mass is 442 g/mol. The number of hydrogen-bond donors (Lipinski definition) is 1. The summed E-state index contributed by atoms with van der Waals surface area (Å²) in [6, 6.07) is 34.8. The van der Waals surface area contributed by atoms with Crippen molar-refractivity contribution in [1.82, 2.24) is 0 Å². The maximum absolute atomic E-state index is 11.0. The van der Waals surface area contributed by atoms with E-state index in [1.807, 2.05) is 36.4 Å². The van der Waals surface area contributed by atoms with Crippen LogP contribution < -0.4 is 0 Å². The van der Waals surface area contributed by atoms with Crippen molar-refractivity contribution < 1.29 is 5.11 Å². The van der Waals surface area contributed by atoms with Gasteiger partial charge >= 0.3 is 0 Å². The van der Waals surface area contributed by atoms with E-state index in [2.05, 4.69) is 99.7 Å². The molecule has 4 aromatic carbocycles. The zero-order valence-corrected chi connectivity index (χ0v) is 20.0. The van der Waals surface area contributed by atoms with Gasteiger partial charge in [0.05, 0.1) is 0 Å². The summed E-state index contributed by atoms with van der Waals surface area (Å²) in [5, 5.41) is 11.0. The normalized spacial score (nSPS) is 12.6. The highest BCUT2D eigenvalue weighted by Gasteiger charge is 2.11. The molecular weight excluding hydrogens is 412 g/mol. The molecule has 168 valence electrons. The second kappa shape index (κ2) is 10.7. The van der Waals surface area contributed by atoms with Gasteiger partial charge in [0, 0.05) is 5.56 Å². The number of hydrogen-bond acceptors (Lipinski definition) is 1. The van der Waals surface area contributed by atoms with E-state index in [0.717, 1.165) is 39.0 Å². The van der Waals surface area contributed by atoms with Crippen LogP contribution >= 0.6 is 0 Å². The molecule has 0 saturated carbocycles. The fraction of sp³-hybridized carbons (Fsp3) is 0.0909. The predicted octanol–water partition coefficient (Wildman–Crippen LogP) is 9.07. The highest BCUT2D eigenvalue weighted by Crippen LogP contribution is 2.34. The number of benzene rings is 4. The van der Waals surface area contributed by atoms with Crippen molar-refractivity contribution in [2.75, 3.05) is 0 Å². The first-order chi connectivity index (χ1) is 16.5. The Hall–Kier alpha value is -4.10. The van der Waals surface area contributed by atoms with Gasteiger partial charge < -0.3 is 5.11 Å². The van der Waals surface area contributed by atoms with Crippen molar-refractivity contribution in [3.05, 3.63) is 137 Å². The van der Waals surface area contributed by atoms with Gasteiger partial charge in [0.25, 0.3) is 0 Å². The standard InChI is InChI=1S/C33H30O/c1-24(27-13-7-4-8-14-27)21-30-19-20-33(34)32(23-26(3)29-17-11-6-12-18-29)31(30)22-25(2)28-15-9-5-10-16-28/h4-23,34H,1-3H3. The van der Waals surface area contributed by atoms with E-state index in [1.54, 1.807) is 6.07 Å². The number of aromatic hydroxyl groups is 1. The van der Waals surface area contributed by atoms with Gasteiger partial charge in [0.1, 0.15) is 5.75 Å². The predicted molar refractivity (Wildman–Crippen MR) is 148 cm³/mol. The van der Waals surface area contributed by atoms with E-state index < -0.39 is 0 Å². The highest BCUT2D eigenvalue weighted by molar-refractivity contribution is 5.94. The Morgan fingerprint density at radius 2 is 0.853 bits per heavy atom. The van der Waals surface area contributed by atoms with Crippen LogP contribution in [0.5, 0.6) is 5.75 Å². The molecule has 0 heterocycles. The van der Waals surface area contributed by atoms with Crippen LogP contribution in [-0.2, 0) is 0 Å². The topological polar surface area (TPSA) is 20.2 Å². The van der Waals surface area contributed by atoms with Gasteiger partial charge in [-0.15, -0.1) is 0 Å². The molecule has 0 spiro atoms. The molecule has 0 radical (unpaired) electrons. The van der Waals surface area contributed by atoms with Gasteiger partial charge in [-0.2, -0.15) is 0 Å². The lowest BCUT2D eigenvalue weighted by Gasteiger charge is -2.13. The summed E-state index contributed by atoms with van der Waals surface area (Å²) in [5.74, 6) is 0.275. The zero-order chi connectivity index (χ0) is 23.9. The molecule has 1 N–H and O–H groups in total.